The molecular weight excluding hydrogens is 625 g/mol. The minimum atomic E-state index is -2.67. The second-order valence-corrected chi connectivity index (χ2v) is 17.0. The minimum absolute atomic E-state index is 0.0161. The summed E-state index contributed by atoms with van der Waals surface area (Å²) in [5.74, 6) is 6.45. The Labute approximate surface area is 290 Å². The Bertz CT molecular complexity index is 1180. The van der Waals surface area contributed by atoms with E-state index in [1.54, 1.807) is 27.4 Å². The van der Waals surface area contributed by atoms with Crippen LogP contribution >= 0.6 is 0 Å². The highest BCUT2D eigenvalue weighted by Gasteiger charge is 2.50. The van der Waals surface area contributed by atoms with Gasteiger partial charge >= 0.3 is 0 Å². The molecule has 266 valence electrons. The van der Waals surface area contributed by atoms with E-state index in [4.69, 9.17) is 38.0 Å². The number of allylic oxidation sites excluding steroid dienone is 2. The van der Waals surface area contributed by atoms with Gasteiger partial charge in [0.25, 0.3) is 8.32 Å². The van der Waals surface area contributed by atoms with Crippen molar-refractivity contribution in [3.05, 3.63) is 85.0 Å². The third-order valence-corrected chi connectivity index (χ3v) is 13.1. The zero-order valence-corrected chi connectivity index (χ0v) is 31.1. The summed E-state index contributed by atoms with van der Waals surface area (Å²) in [6, 6.07) is 21.3. The highest BCUT2D eigenvalue weighted by molar-refractivity contribution is 6.99. The summed E-state index contributed by atoms with van der Waals surface area (Å²) in [6.07, 6.45) is 9.53. The summed E-state index contributed by atoms with van der Waals surface area (Å²) in [4.78, 5) is 0. The number of rotatable bonds is 23. The molecule has 2 aromatic rings. The molecule has 0 aromatic heterocycles. The largest absolute Gasteiger partial charge is 0.407 e. The van der Waals surface area contributed by atoms with E-state index in [0.29, 0.717) is 25.9 Å². The first-order valence-electron chi connectivity index (χ1n) is 16.7. The van der Waals surface area contributed by atoms with Crippen molar-refractivity contribution in [1.82, 2.24) is 0 Å². The first-order valence-corrected chi connectivity index (χ1v) is 18.6. The van der Waals surface area contributed by atoms with Crippen molar-refractivity contribution >= 4 is 18.7 Å². The maximum Gasteiger partial charge on any atom is 0.261 e. The molecule has 2 rings (SSSR count). The Morgan fingerprint density at radius 2 is 1.31 bits per heavy atom. The van der Waals surface area contributed by atoms with Crippen LogP contribution in [-0.4, -0.2) is 86.7 Å². The van der Waals surface area contributed by atoms with Gasteiger partial charge in [0, 0.05) is 34.4 Å². The van der Waals surface area contributed by atoms with E-state index in [-0.39, 0.29) is 56.3 Å². The summed E-state index contributed by atoms with van der Waals surface area (Å²) >= 11 is 0. The van der Waals surface area contributed by atoms with Crippen LogP contribution in [-0.2, 0) is 32.8 Å². The monoisotopic (exact) mass is 682 g/mol. The van der Waals surface area contributed by atoms with Crippen LogP contribution in [0.1, 0.15) is 53.4 Å². The molecule has 1 N–H and O–H groups in total. The van der Waals surface area contributed by atoms with Crippen molar-refractivity contribution in [1.29, 1.82) is 0 Å². The second-order valence-electron chi connectivity index (χ2n) is 12.7. The minimum Gasteiger partial charge on any atom is -0.407 e. The van der Waals surface area contributed by atoms with Crippen molar-refractivity contribution in [3.8, 4) is 11.8 Å². The van der Waals surface area contributed by atoms with Crippen LogP contribution in [0.4, 0.5) is 0 Å². The second kappa shape index (κ2) is 23.7. The van der Waals surface area contributed by atoms with Gasteiger partial charge in [-0.25, -0.2) is 0 Å². The van der Waals surface area contributed by atoms with Gasteiger partial charge in [-0.05, 0) is 46.7 Å². The summed E-state index contributed by atoms with van der Waals surface area (Å²) < 4.78 is 40.8. The normalized spacial score (nSPS) is 14.9. The molecule has 0 spiro atoms. The number of aliphatic hydroxyl groups excluding tert-OH is 1. The first-order chi connectivity index (χ1) is 23.2. The Morgan fingerprint density at radius 1 is 0.750 bits per heavy atom. The molecule has 8 nitrogen and oxygen atoms in total. The van der Waals surface area contributed by atoms with Crippen LogP contribution in [0.2, 0.25) is 5.04 Å². The summed E-state index contributed by atoms with van der Waals surface area (Å²) in [5.41, 5.74) is 0. The number of hydrogen-bond donors (Lipinski definition) is 1. The highest BCUT2D eigenvalue weighted by Crippen LogP contribution is 2.37. The van der Waals surface area contributed by atoms with E-state index in [0.717, 1.165) is 6.42 Å². The average molecular weight is 683 g/mol. The predicted molar refractivity (Wildman–Crippen MR) is 195 cm³/mol. The molecule has 0 aliphatic heterocycles. The zero-order valence-electron chi connectivity index (χ0n) is 30.1. The summed E-state index contributed by atoms with van der Waals surface area (Å²) in [7, 11) is 2.16. The van der Waals surface area contributed by atoms with Gasteiger partial charge in [-0.15, -0.1) is 0 Å². The van der Waals surface area contributed by atoms with Gasteiger partial charge in [-0.2, -0.15) is 0 Å². The highest BCUT2D eigenvalue weighted by atomic mass is 28.4. The Kier molecular flexibility index (Phi) is 20.5. The van der Waals surface area contributed by atoms with Crippen LogP contribution in [0.3, 0.4) is 0 Å². The predicted octanol–water partition coefficient (Wildman–Crippen LogP) is 5.83. The van der Waals surface area contributed by atoms with Crippen LogP contribution in [0.5, 0.6) is 0 Å². The van der Waals surface area contributed by atoms with Gasteiger partial charge in [0.2, 0.25) is 0 Å². The van der Waals surface area contributed by atoms with E-state index in [2.05, 4.69) is 100 Å². The molecule has 48 heavy (non-hydrogen) atoms. The smallest absolute Gasteiger partial charge is 0.261 e. The van der Waals surface area contributed by atoms with Gasteiger partial charge in [-0.3, -0.25) is 0 Å². The standard InChI is InChI=1S/C39H58O8Si/c1-33(19-17-18-27-40)38(46-32-43-7)25-16-8-11-20-34(44-30-41-5)29-35(45-31-42-6)26-28-47-48(39(2,3)4,36-21-12-9-13-22-36)37-23-14-10-15-24-37/h8-15,17-18,21-24,33-35,38,40H,19-20,26-32H2,1-7H3/b11-8+,18-17+/t33-,34+,35-,38+/m0/s1. The number of benzene rings is 2. The fraction of sp³-hybridized carbons (Fsp3) is 0.538. The van der Waals surface area contributed by atoms with Gasteiger partial charge in [-0.1, -0.05) is 118 Å². The summed E-state index contributed by atoms with van der Waals surface area (Å²) in [5, 5.41) is 11.4. The van der Waals surface area contributed by atoms with Crippen molar-refractivity contribution in [2.75, 3.05) is 54.9 Å². The van der Waals surface area contributed by atoms with Gasteiger partial charge in [0.05, 0.1) is 18.8 Å². The Hall–Kier alpha value is -2.62. The molecule has 4 atom stereocenters. The third-order valence-electron chi connectivity index (χ3n) is 8.03. The van der Waals surface area contributed by atoms with Crippen LogP contribution < -0.4 is 10.4 Å². The molecule has 9 heteroatoms. The Balaban J connectivity index is 2.19. The fourth-order valence-corrected chi connectivity index (χ4v) is 10.2. The third kappa shape index (κ3) is 14.1. The molecule has 0 aliphatic rings. The van der Waals surface area contributed by atoms with Crippen molar-refractivity contribution in [2.45, 2.75) is 76.7 Å². The molecule has 0 saturated heterocycles. The van der Waals surface area contributed by atoms with Crippen LogP contribution in [0, 0.1) is 17.8 Å². The number of methoxy groups -OCH3 is 3. The zero-order chi connectivity index (χ0) is 35.1. The molecule has 0 unspecified atom stereocenters. The lowest BCUT2D eigenvalue weighted by atomic mass is 10.0. The lowest BCUT2D eigenvalue weighted by molar-refractivity contribution is -0.116. The number of aliphatic hydroxyl groups is 1. The molecule has 0 fully saturated rings. The van der Waals surface area contributed by atoms with Gasteiger partial charge in [0.1, 0.15) is 26.5 Å². The van der Waals surface area contributed by atoms with E-state index < -0.39 is 8.32 Å². The number of hydrogen-bond acceptors (Lipinski definition) is 8. The molecular formula is C39H58O8Si. The van der Waals surface area contributed by atoms with Gasteiger partial charge in [0.15, 0.2) is 0 Å². The van der Waals surface area contributed by atoms with Gasteiger partial charge < -0.3 is 38.0 Å². The molecule has 0 saturated carbocycles. The Morgan fingerprint density at radius 3 is 1.85 bits per heavy atom. The van der Waals surface area contributed by atoms with E-state index >= 15 is 0 Å². The van der Waals surface area contributed by atoms with E-state index in [1.807, 2.05) is 18.2 Å². The fourth-order valence-electron chi connectivity index (χ4n) is 5.64. The van der Waals surface area contributed by atoms with Crippen LogP contribution in [0.15, 0.2) is 85.0 Å². The van der Waals surface area contributed by atoms with Crippen molar-refractivity contribution in [3.63, 3.8) is 0 Å². The topological polar surface area (TPSA) is 84.8 Å². The molecule has 0 aliphatic carbocycles. The summed E-state index contributed by atoms with van der Waals surface area (Å²) in [6.45, 7) is 9.95. The molecule has 0 bridgehead atoms. The van der Waals surface area contributed by atoms with Crippen molar-refractivity contribution < 1.29 is 38.0 Å². The maximum atomic E-state index is 9.03. The number of ether oxygens (including phenoxy) is 6. The molecule has 0 heterocycles. The van der Waals surface area contributed by atoms with Crippen LogP contribution in [0.25, 0.3) is 0 Å². The molecule has 2 aromatic carbocycles. The quantitative estimate of drug-likeness (QED) is 0.0679. The first kappa shape index (κ1) is 41.5. The molecule has 0 radical (unpaired) electrons. The SMILES string of the molecule is COCO[C@H](C/C=C/C#C[C@@H](OCOC)[C@@H](C)C/C=C/CO)C[C@H](CCO[Si](c1ccccc1)(c1ccccc1)C(C)(C)C)OCOC. The van der Waals surface area contributed by atoms with E-state index in [1.165, 1.54) is 10.4 Å². The average Bonchev–Trinajstić information content (AvgIpc) is 3.09. The lowest BCUT2D eigenvalue weighted by Crippen LogP contribution is -2.66. The lowest BCUT2D eigenvalue weighted by Gasteiger charge is -2.43. The maximum absolute atomic E-state index is 9.03. The van der Waals surface area contributed by atoms with Crippen molar-refractivity contribution in [2.24, 2.45) is 5.92 Å². The molecule has 0 amide bonds. The van der Waals surface area contributed by atoms with E-state index in [9.17, 15) is 0 Å².